The predicted octanol–water partition coefficient (Wildman–Crippen LogP) is 3.60. The first-order valence-electron chi connectivity index (χ1n) is 10.2. The maximum atomic E-state index is 12.3. The third-order valence-corrected chi connectivity index (χ3v) is 5.42. The van der Waals surface area contributed by atoms with E-state index in [-0.39, 0.29) is 29.7 Å². The van der Waals surface area contributed by atoms with Crippen molar-refractivity contribution in [2.75, 3.05) is 6.61 Å². The standard InChI is InChI=1S/C24H25NO5/c1-16-7-5-6-10-20(16)25-21(26)15-30-24(29)19-13-11-18(12-14-19)23(28)22(27)17-8-3-2-4-9-17/h2-4,8-9,11-14,16,20H,5-7,10,15H2,1H3,(H,25,26)/t16-,20-/m1/s1. The summed E-state index contributed by atoms with van der Waals surface area (Å²) in [5.41, 5.74) is 0.700. The van der Waals surface area contributed by atoms with Gasteiger partial charge < -0.3 is 10.1 Å². The summed E-state index contributed by atoms with van der Waals surface area (Å²) in [6.45, 7) is 1.76. The Kier molecular flexibility index (Phi) is 7.12. The van der Waals surface area contributed by atoms with Gasteiger partial charge in [-0.1, -0.05) is 62.2 Å². The summed E-state index contributed by atoms with van der Waals surface area (Å²) in [7, 11) is 0. The molecule has 6 nitrogen and oxygen atoms in total. The minimum atomic E-state index is -0.657. The van der Waals surface area contributed by atoms with Crippen LogP contribution in [0.2, 0.25) is 0 Å². The van der Waals surface area contributed by atoms with Crippen LogP contribution in [0.4, 0.5) is 0 Å². The molecule has 0 saturated heterocycles. The summed E-state index contributed by atoms with van der Waals surface area (Å²) in [5.74, 6) is -1.82. The molecule has 0 heterocycles. The van der Waals surface area contributed by atoms with Crippen molar-refractivity contribution in [3.63, 3.8) is 0 Å². The molecule has 156 valence electrons. The molecule has 1 amide bonds. The molecule has 0 aliphatic heterocycles. The molecular formula is C24H25NO5. The zero-order valence-corrected chi connectivity index (χ0v) is 16.9. The molecule has 1 fully saturated rings. The number of carbonyl (C=O) groups is 4. The number of amides is 1. The number of carbonyl (C=O) groups excluding carboxylic acids is 4. The van der Waals surface area contributed by atoms with Crippen LogP contribution in [0.3, 0.4) is 0 Å². The first-order chi connectivity index (χ1) is 14.5. The van der Waals surface area contributed by atoms with E-state index in [4.69, 9.17) is 4.74 Å². The summed E-state index contributed by atoms with van der Waals surface area (Å²) < 4.78 is 5.08. The molecule has 1 aliphatic carbocycles. The van der Waals surface area contributed by atoms with Gasteiger partial charge in [-0.2, -0.15) is 0 Å². The van der Waals surface area contributed by atoms with Crippen molar-refractivity contribution in [2.24, 2.45) is 5.92 Å². The molecule has 0 radical (unpaired) electrons. The minimum Gasteiger partial charge on any atom is -0.452 e. The van der Waals surface area contributed by atoms with Crippen molar-refractivity contribution in [2.45, 2.75) is 38.6 Å². The Morgan fingerprint density at radius 3 is 2.03 bits per heavy atom. The number of rotatable bonds is 7. The normalized spacial score (nSPS) is 18.3. The Balaban J connectivity index is 1.52. The van der Waals surface area contributed by atoms with E-state index in [1.54, 1.807) is 30.3 Å². The Morgan fingerprint density at radius 1 is 0.833 bits per heavy atom. The smallest absolute Gasteiger partial charge is 0.338 e. The van der Waals surface area contributed by atoms with Gasteiger partial charge in [0, 0.05) is 17.2 Å². The largest absolute Gasteiger partial charge is 0.452 e. The van der Waals surface area contributed by atoms with Crippen LogP contribution < -0.4 is 5.32 Å². The lowest BCUT2D eigenvalue weighted by atomic mass is 9.86. The monoisotopic (exact) mass is 407 g/mol. The molecule has 2 aromatic rings. The van der Waals surface area contributed by atoms with E-state index in [2.05, 4.69) is 12.2 Å². The van der Waals surface area contributed by atoms with Crippen molar-refractivity contribution < 1.29 is 23.9 Å². The molecule has 2 atom stereocenters. The number of benzene rings is 2. The molecular weight excluding hydrogens is 382 g/mol. The Labute approximate surface area is 175 Å². The third-order valence-electron chi connectivity index (χ3n) is 5.42. The van der Waals surface area contributed by atoms with Gasteiger partial charge in [0.25, 0.3) is 5.91 Å². The van der Waals surface area contributed by atoms with Gasteiger partial charge in [-0.15, -0.1) is 0 Å². The van der Waals surface area contributed by atoms with Crippen LogP contribution in [0.1, 0.15) is 63.7 Å². The molecule has 30 heavy (non-hydrogen) atoms. The number of esters is 1. The minimum absolute atomic E-state index is 0.123. The van der Waals surface area contributed by atoms with Crippen molar-refractivity contribution in [3.8, 4) is 0 Å². The topological polar surface area (TPSA) is 89.5 Å². The Hall–Kier alpha value is -3.28. The van der Waals surface area contributed by atoms with Gasteiger partial charge in [0.15, 0.2) is 6.61 Å². The van der Waals surface area contributed by atoms with Crippen LogP contribution >= 0.6 is 0 Å². The van der Waals surface area contributed by atoms with Gasteiger partial charge in [0.05, 0.1) is 5.56 Å². The third kappa shape index (κ3) is 5.41. The van der Waals surface area contributed by atoms with Crippen LogP contribution in [0.25, 0.3) is 0 Å². The van der Waals surface area contributed by atoms with Gasteiger partial charge >= 0.3 is 5.97 Å². The van der Waals surface area contributed by atoms with E-state index in [0.29, 0.717) is 11.5 Å². The summed E-state index contributed by atoms with van der Waals surface area (Å²) in [4.78, 5) is 48.8. The second-order valence-corrected chi connectivity index (χ2v) is 7.61. The second-order valence-electron chi connectivity index (χ2n) is 7.61. The summed E-state index contributed by atoms with van der Waals surface area (Å²) in [6.07, 6.45) is 4.30. The fraction of sp³-hybridized carbons (Fsp3) is 0.333. The lowest BCUT2D eigenvalue weighted by Gasteiger charge is -2.29. The summed E-state index contributed by atoms with van der Waals surface area (Å²) >= 11 is 0. The van der Waals surface area contributed by atoms with Gasteiger partial charge in [0.1, 0.15) is 0 Å². The number of nitrogens with one attached hydrogen (secondary N) is 1. The molecule has 1 aliphatic rings. The molecule has 1 N–H and O–H groups in total. The molecule has 1 saturated carbocycles. The zero-order valence-electron chi connectivity index (χ0n) is 16.9. The van der Waals surface area contributed by atoms with E-state index in [1.807, 2.05) is 0 Å². The Bertz CT molecular complexity index is 920. The summed E-state index contributed by atoms with van der Waals surface area (Å²) in [5, 5.41) is 2.93. The first-order valence-corrected chi connectivity index (χ1v) is 10.2. The molecule has 3 rings (SSSR count). The SMILES string of the molecule is C[C@@H]1CCCC[C@H]1NC(=O)COC(=O)c1ccc(C(=O)C(=O)c2ccccc2)cc1. The molecule has 0 bridgehead atoms. The van der Waals surface area contributed by atoms with Gasteiger partial charge in [-0.25, -0.2) is 4.79 Å². The van der Waals surface area contributed by atoms with E-state index < -0.39 is 17.5 Å². The highest BCUT2D eigenvalue weighted by atomic mass is 16.5. The fourth-order valence-corrected chi connectivity index (χ4v) is 3.60. The van der Waals surface area contributed by atoms with Gasteiger partial charge in [-0.05, 0) is 30.9 Å². The quantitative estimate of drug-likeness (QED) is 0.430. The van der Waals surface area contributed by atoms with Gasteiger partial charge in [0.2, 0.25) is 11.6 Å². The van der Waals surface area contributed by atoms with Gasteiger partial charge in [-0.3, -0.25) is 14.4 Å². The highest BCUT2D eigenvalue weighted by Crippen LogP contribution is 2.23. The second kappa shape index (κ2) is 9.96. The highest BCUT2D eigenvalue weighted by molar-refractivity contribution is 6.49. The van der Waals surface area contributed by atoms with Crippen LogP contribution in [-0.2, 0) is 9.53 Å². The van der Waals surface area contributed by atoms with Crippen molar-refractivity contribution in [1.29, 1.82) is 0 Å². The lowest BCUT2D eigenvalue weighted by molar-refractivity contribution is -0.125. The Morgan fingerprint density at radius 2 is 1.40 bits per heavy atom. The van der Waals surface area contributed by atoms with Crippen molar-refractivity contribution >= 4 is 23.4 Å². The van der Waals surface area contributed by atoms with Crippen LogP contribution in [0, 0.1) is 5.92 Å². The zero-order chi connectivity index (χ0) is 21.5. The van der Waals surface area contributed by atoms with Crippen LogP contribution in [0.5, 0.6) is 0 Å². The van der Waals surface area contributed by atoms with E-state index in [9.17, 15) is 19.2 Å². The maximum Gasteiger partial charge on any atom is 0.338 e. The van der Waals surface area contributed by atoms with E-state index >= 15 is 0 Å². The van der Waals surface area contributed by atoms with Crippen molar-refractivity contribution in [3.05, 3.63) is 71.3 Å². The van der Waals surface area contributed by atoms with Crippen molar-refractivity contribution in [1.82, 2.24) is 5.32 Å². The molecule has 0 aromatic heterocycles. The molecule has 0 unspecified atom stereocenters. The molecule has 0 spiro atoms. The van der Waals surface area contributed by atoms with E-state index in [0.717, 1.165) is 19.3 Å². The number of Topliss-reactive ketones (excluding diaryl/α,β-unsaturated/α-hetero) is 2. The number of hydrogen-bond donors (Lipinski definition) is 1. The molecule has 2 aromatic carbocycles. The summed E-state index contributed by atoms with van der Waals surface area (Å²) in [6, 6.07) is 14.0. The van der Waals surface area contributed by atoms with E-state index in [1.165, 1.54) is 30.7 Å². The predicted molar refractivity (Wildman–Crippen MR) is 111 cm³/mol. The maximum absolute atomic E-state index is 12.3. The highest BCUT2D eigenvalue weighted by Gasteiger charge is 2.23. The lowest BCUT2D eigenvalue weighted by Crippen LogP contribution is -2.42. The fourth-order valence-electron chi connectivity index (χ4n) is 3.60. The molecule has 6 heteroatoms. The first kappa shape index (κ1) is 21.4. The van der Waals surface area contributed by atoms with Crippen LogP contribution in [0.15, 0.2) is 54.6 Å². The average Bonchev–Trinajstić information content (AvgIpc) is 2.78. The average molecular weight is 407 g/mol. The van der Waals surface area contributed by atoms with Crippen LogP contribution in [-0.4, -0.2) is 36.1 Å². The number of ketones is 2. The number of hydrogen-bond acceptors (Lipinski definition) is 5. The number of ether oxygens (including phenoxy) is 1.